The Morgan fingerprint density at radius 2 is 1.73 bits per heavy atom. The van der Waals surface area contributed by atoms with Crippen LogP contribution in [0, 0.1) is 5.82 Å². The highest BCUT2D eigenvalue weighted by atomic mass is 32.2. The predicted octanol–water partition coefficient (Wildman–Crippen LogP) is 4.81. The molecule has 0 fully saturated rings. The van der Waals surface area contributed by atoms with Crippen LogP contribution in [0.1, 0.15) is 17.2 Å². The van der Waals surface area contributed by atoms with E-state index in [9.17, 15) is 14.0 Å². The zero-order valence-electron chi connectivity index (χ0n) is 18.0. The molecule has 166 valence electrons. The summed E-state index contributed by atoms with van der Waals surface area (Å²) in [6.07, 6.45) is 0. The average molecular weight is 460 g/mol. The number of rotatable bonds is 4. The predicted molar refractivity (Wildman–Crippen MR) is 129 cm³/mol. The minimum absolute atomic E-state index is 0.178. The molecule has 3 aromatic carbocycles. The Labute approximate surface area is 195 Å². The van der Waals surface area contributed by atoms with Crippen molar-refractivity contribution in [3.05, 3.63) is 95.8 Å². The molecule has 5 rings (SSSR count). The fourth-order valence-electron chi connectivity index (χ4n) is 4.34. The van der Waals surface area contributed by atoms with Gasteiger partial charge in [-0.1, -0.05) is 60.3 Å². The van der Waals surface area contributed by atoms with Crippen LogP contribution >= 0.6 is 11.8 Å². The number of benzene rings is 3. The highest BCUT2D eigenvalue weighted by Gasteiger charge is 2.39. The molecule has 4 aromatic rings. The number of amides is 2. The second-order valence-corrected chi connectivity index (χ2v) is 8.89. The number of aryl methyl sites for hydroxylation is 1. The molecule has 0 saturated carbocycles. The molecule has 0 bridgehead atoms. The van der Waals surface area contributed by atoms with E-state index in [4.69, 9.17) is 0 Å². The number of hydrogen-bond acceptors (Lipinski definition) is 3. The van der Waals surface area contributed by atoms with Gasteiger partial charge < -0.3 is 9.88 Å². The van der Waals surface area contributed by atoms with Crippen molar-refractivity contribution in [3.8, 4) is 0 Å². The molecular formula is C26H22FN3O2S. The summed E-state index contributed by atoms with van der Waals surface area (Å²) in [6, 6.07) is 22.3. The number of halogens is 1. The number of fused-ring (bicyclic) bond motifs is 3. The Morgan fingerprint density at radius 3 is 2.48 bits per heavy atom. The molecule has 2 heterocycles. The second-order valence-electron chi connectivity index (χ2n) is 7.93. The molecule has 0 saturated heterocycles. The number of hydrogen-bond donors (Lipinski definition) is 1. The third-order valence-electron chi connectivity index (χ3n) is 5.89. The maximum atomic E-state index is 13.7. The van der Waals surface area contributed by atoms with Crippen LogP contribution in [0.25, 0.3) is 10.9 Å². The molecule has 1 aromatic heterocycles. The molecule has 1 unspecified atom stereocenters. The molecule has 1 aliphatic heterocycles. The third-order valence-corrected chi connectivity index (χ3v) is 7.04. The van der Waals surface area contributed by atoms with Crippen LogP contribution < -0.4 is 10.2 Å². The summed E-state index contributed by atoms with van der Waals surface area (Å²) in [6.45, 7) is 0.342. The van der Waals surface area contributed by atoms with Crippen molar-refractivity contribution in [2.24, 2.45) is 7.05 Å². The van der Waals surface area contributed by atoms with Crippen molar-refractivity contribution >= 4 is 40.2 Å². The van der Waals surface area contributed by atoms with Gasteiger partial charge in [0.25, 0.3) is 0 Å². The Bertz CT molecular complexity index is 1340. The van der Waals surface area contributed by atoms with E-state index >= 15 is 0 Å². The van der Waals surface area contributed by atoms with Crippen molar-refractivity contribution in [1.82, 2.24) is 9.88 Å². The smallest absolute Gasteiger partial charge is 0.248 e. The second kappa shape index (κ2) is 8.75. The largest absolute Gasteiger partial charge is 0.350 e. The Kier molecular flexibility index (Phi) is 5.64. The Hall–Kier alpha value is -3.58. The normalized spacial score (nSPS) is 15.9. The molecule has 2 amide bonds. The first-order valence-corrected chi connectivity index (χ1v) is 11.6. The van der Waals surface area contributed by atoms with Gasteiger partial charge in [0.1, 0.15) is 11.9 Å². The molecule has 1 N–H and O–H groups in total. The molecule has 7 heteroatoms. The number of carbonyl (C=O) groups is 2. The quantitative estimate of drug-likeness (QED) is 0.476. The number of anilines is 1. The van der Waals surface area contributed by atoms with Crippen LogP contribution in [0.15, 0.2) is 83.9 Å². The maximum Gasteiger partial charge on any atom is 0.248 e. The van der Waals surface area contributed by atoms with Crippen LogP contribution in [-0.4, -0.2) is 22.1 Å². The van der Waals surface area contributed by atoms with Gasteiger partial charge in [0.2, 0.25) is 11.8 Å². The molecule has 0 radical (unpaired) electrons. The summed E-state index contributed by atoms with van der Waals surface area (Å²) < 4.78 is 15.7. The summed E-state index contributed by atoms with van der Waals surface area (Å²) >= 11 is 1.42. The highest BCUT2D eigenvalue weighted by molar-refractivity contribution is 8.00. The lowest BCUT2D eigenvalue weighted by molar-refractivity contribution is -0.125. The highest BCUT2D eigenvalue weighted by Crippen LogP contribution is 2.43. The van der Waals surface area contributed by atoms with E-state index in [0.717, 1.165) is 27.1 Å². The van der Waals surface area contributed by atoms with Crippen molar-refractivity contribution in [2.75, 3.05) is 10.7 Å². The summed E-state index contributed by atoms with van der Waals surface area (Å²) in [4.78, 5) is 28.6. The first-order valence-electron chi connectivity index (χ1n) is 10.6. The molecule has 5 nitrogen and oxygen atoms in total. The molecule has 33 heavy (non-hydrogen) atoms. The monoisotopic (exact) mass is 459 g/mol. The van der Waals surface area contributed by atoms with Gasteiger partial charge in [-0.2, -0.15) is 0 Å². The minimum Gasteiger partial charge on any atom is -0.350 e. The van der Waals surface area contributed by atoms with Crippen LogP contribution in [0.3, 0.4) is 0 Å². The topological polar surface area (TPSA) is 54.3 Å². The lowest BCUT2D eigenvalue weighted by Crippen LogP contribution is -2.43. The van der Waals surface area contributed by atoms with Gasteiger partial charge in [-0.05, 0) is 35.9 Å². The van der Waals surface area contributed by atoms with E-state index < -0.39 is 11.9 Å². The standard InChI is InChI=1S/C26H22FN3O2S/c1-29-21-10-6-5-9-20(21)23-24(25(32)28-15-17-7-3-2-4-8-17)30(22(31)16-33-26(23)29)19-13-11-18(27)12-14-19/h2-14,24H,15-16H2,1H3,(H,28,32). The fraction of sp³-hybridized carbons (Fsp3) is 0.154. The van der Waals surface area contributed by atoms with Gasteiger partial charge in [0.15, 0.2) is 0 Å². The third kappa shape index (κ3) is 3.89. The number of nitrogens with one attached hydrogen (secondary N) is 1. The van der Waals surface area contributed by atoms with Gasteiger partial charge in [-0.15, -0.1) is 0 Å². The number of carbonyl (C=O) groups excluding carboxylic acids is 2. The first-order chi connectivity index (χ1) is 16.0. The Balaban J connectivity index is 1.65. The molecular weight excluding hydrogens is 437 g/mol. The van der Waals surface area contributed by atoms with Gasteiger partial charge in [0.05, 0.1) is 10.8 Å². The van der Waals surface area contributed by atoms with E-state index in [0.29, 0.717) is 12.2 Å². The van der Waals surface area contributed by atoms with Crippen molar-refractivity contribution in [2.45, 2.75) is 17.6 Å². The number of para-hydroxylation sites is 1. The lowest BCUT2D eigenvalue weighted by atomic mass is 10.0. The number of thioether (sulfide) groups is 1. The summed E-state index contributed by atoms with van der Waals surface area (Å²) in [5, 5.41) is 4.82. The lowest BCUT2D eigenvalue weighted by Gasteiger charge is -2.30. The van der Waals surface area contributed by atoms with Crippen molar-refractivity contribution < 1.29 is 14.0 Å². The van der Waals surface area contributed by atoms with E-state index in [1.54, 1.807) is 12.1 Å². The van der Waals surface area contributed by atoms with Gasteiger partial charge >= 0.3 is 0 Å². The molecule has 0 spiro atoms. The van der Waals surface area contributed by atoms with Crippen LogP contribution in [0.2, 0.25) is 0 Å². The fourth-order valence-corrected chi connectivity index (χ4v) is 5.40. The summed E-state index contributed by atoms with van der Waals surface area (Å²) in [5.41, 5.74) is 3.23. The minimum atomic E-state index is -0.886. The SMILES string of the molecule is Cn1c2c(c3ccccc31)C(C(=O)NCc1ccccc1)N(c1ccc(F)cc1)C(=O)CS2. The number of aromatic nitrogens is 1. The van der Waals surface area contributed by atoms with Gasteiger partial charge in [-0.25, -0.2) is 4.39 Å². The van der Waals surface area contributed by atoms with E-state index in [2.05, 4.69) is 5.32 Å². The summed E-state index contributed by atoms with van der Waals surface area (Å²) in [7, 11) is 1.95. The van der Waals surface area contributed by atoms with Crippen LogP contribution in [0.5, 0.6) is 0 Å². The zero-order chi connectivity index (χ0) is 22.9. The average Bonchev–Trinajstić information content (AvgIpc) is 3.01. The van der Waals surface area contributed by atoms with Gasteiger partial charge in [0, 0.05) is 35.7 Å². The molecule has 1 aliphatic rings. The molecule has 0 aliphatic carbocycles. The van der Waals surface area contributed by atoms with Crippen molar-refractivity contribution in [1.29, 1.82) is 0 Å². The molecule has 1 atom stereocenters. The summed E-state index contributed by atoms with van der Waals surface area (Å²) in [5.74, 6) is -0.702. The van der Waals surface area contributed by atoms with E-state index in [-0.39, 0.29) is 17.6 Å². The van der Waals surface area contributed by atoms with Gasteiger partial charge in [-0.3, -0.25) is 14.5 Å². The van der Waals surface area contributed by atoms with E-state index in [1.165, 1.54) is 28.8 Å². The zero-order valence-corrected chi connectivity index (χ0v) is 18.8. The van der Waals surface area contributed by atoms with Crippen LogP contribution in [-0.2, 0) is 23.2 Å². The van der Waals surface area contributed by atoms with E-state index in [1.807, 2.05) is 66.2 Å². The van der Waals surface area contributed by atoms with Crippen LogP contribution in [0.4, 0.5) is 10.1 Å². The number of nitrogens with zero attached hydrogens (tertiary/aromatic N) is 2. The first kappa shape index (κ1) is 21.3. The van der Waals surface area contributed by atoms with Crippen molar-refractivity contribution in [3.63, 3.8) is 0 Å². The maximum absolute atomic E-state index is 13.7. The Morgan fingerprint density at radius 1 is 1.03 bits per heavy atom.